The molecule has 0 saturated carbocycles. The van der Waals surface area contributed by atoms with Crippen molar-refractivity contribution in [1.82, 2.24) is 14.9 Å². The first-order chi connectivity index (χ1) is 14.2. The standard InChI is InChI=1S/C22H20N4O2S/c1-15-5-6-17(28-20-12-16(13-23)7-10-25-20)14-26(15)22(27)21-18(8-11-29-21)19-4-2-3-9-24-19/h2-4,7-12,15,17H,5-6,14H2,1H3/t15-,17-/m1/s1. The molecule has 0 aliphatic carbocycles. The SMILES string of the molecule is C[C@@H]1CC[C@@H](Oc2cc(C#N)ccn2)CN1C(=O)c1sccc1-c1ccccn1. The van der Waals surface area contributed by atoms with Gasteiger partial charge in [0, 0.05) is 30.1 Å². The average molecular weight is 404 g/mol. The number of amides is 1. The molecule has 3 aromatic heterocycles. The summed E-state index contributed by atoms with van der Waals surface area (Å²) in [6.07, 6.45) is 4.82. The minimum absolute atomic E-state index is 0.000174. The second-order valence-corrected chi connectivity index (χ2v) is 7.91. The highest BCUT2D eigenvalue weighted by Crippen LogP contribution is 2.30. The Balaban J connectivity index is 1.53. The third-order valence-corrected chi connectivity index (χ3v) is 5.95. The molecule has 7 heteroatoms. The molecule has 4 rings (SSSR count). The van der Waals surface area contributed by atoms with Crippen LogP contribution in [0.4, 0.5) is 0 Å². The summed E-state index contributed by atoms with van der Waals surface area (Å²) in [6, 6.07) is 13.1. The Morgan fingerprint density at radius 1 is 1.24 bits per heavy atom. The lowest BCUT2D eigenvalue weighted by Crippen LogP contribution is -2.49. The van der Waals surface area contributed by atoms with E-state index in [1.54, 1.807) is 24.5 Å². The molecule has 6 nitrogen and oxygen atoms in total. The van der Waals surface area contributed by atoms with E-state index in [1.807, 2.05) is 34.5 Å². The van der Waals surface area contributed by atoms with Gasteiger partial charge in [-0.1, -0.05) is 6.07 Å². The Morgan fingerprint density at radius 3 is 2.93 bits per heavy atom. The molecular formula is C22H20N4O2S. The van der Waals surface area contributed by atoms with Crippen LogP contribution in [-0.4, -0.2) is 39.5 Å². The van der Waals surface area contributed by atoms with Crippen LogP contribution in [0, 0.1) is 11.3 Å². The Morgan fingerprint density at radius 2 is 2.14 bits per heavy atom. The zero-order valence-electron chi connectivity index (χ0n) is 16.0. The molecule has 3 aromatic rings. The highest BCUT2D eigenvalue weighted by Gasteiger charge is 2.32. The van der Waals surface area contributed by atoms with Gasteiger partial charge in [-0.05, 0) is 49.4 Å². The molecule has 146 valence electrons. The summed E-state index contributed by atoms with van der Waals surface area (Å²) < 4.78 is 5.99. The van der Waals surface area contributed by atoms with Crippen molar-refractivity contribution in [1.29, 1.82) is 5.26 Å². The van der Waals surface area contributed by atoms with Gasteiger partial charge in [-0.3, -0.25) is 9.78 Å². The quantitative estimate of drug-likeness (QED) is 0.653. The Bertz CT molecular complexity index is 1040. The second-order valence-electron chi connectivity index (χ2n) is 7.00. The maximum Gasteiger partial charge on any atom is 0.264 e. The highest BCUT2D eigenvalue weighted by atomic mass is 32.1. The van der Waals surface area contributed by atoms with Crippen LogP contribution >= 0.6 is 11.3 Å². The van der Waals surface area contributed by atoms with Crippen LogP contribution in [0.25, 0.3) is 11.3 Å². The summed E-state index contributed by atoms with van der Waals surface area (Å²) in [4.78, 5) is 24.5. The molecule has 2 atom stereocenters. The van der Waals surface area contributed by atoms with Crippen molar-refractivity contribution >= 4 is 17.2 Å². The molecule has 1 saturated heterocycles. The predicted molar refractivity (Wildman–Crippen MR) is 111 cm³/mol. The molecule has 0 radical (unpaired) electrons. The number of pyridine rings is 2. The fourth-order valence-electron chi connectivity index (χ4n) is 3.50. The molecule has 1 fully saturated rings. The predicted octanol–water partition coefficient (Wildman–Crippen LogP) is 4.15. The number of ether oxygens (including phenoxy) is 1. The first kappa shape index (κ1) is 19.1. The van der Waals surface area contributed by atoms with Crippen molar-refractivity contribution in [3.63, 3.8) is 0 Å². The lowest BCUT2D eigenvalue weighted by molar-refractivity contribution is 0.0377. The summed E-state index contributed by atoms with van der Waals surface area (Å²) in [5.41, 5.74) is 2.16. The van der Waals surface area contributed by atoms with Gasteiger partial charge in [0.1, 0.15) is 11.0 Å². The van der Waals surface area contributed by atoms with E-state index >= 15 is 0 Å². The van der Waals surface area contributed by atoms with Crippen molar-refractivity contribution in [3.05, 3.63) is 64.6 Å². The van der Waals surface area contributed by atoms with E-state index in [0.29, 0.717) is 22.9 Å². The first-order valence-electron chi connectivity index (χ1n) is 9.48. The molecule has 29 heavy (non-hydrogen) atoms. The number of likely N-dealkylation sites (tertiary alicyclic amines) is 1. The van der Waals surface area contributed by atoms with E-state index in [-0.39, 0.29) is 18.1 Å². The number of carbonyl (C=O) groups is 1. The van der Waals surface area contributed by atoms with Gasteiger partial charge in [-0.15, -0.1) is 11.3 Å². The van der Waals surface area contributed by atoms with Crippen molar-refractivity contribution in [2.45, 2.75) is 31.9 Å². The number of nitriles is 1. The Hall–Kier alpha value is -3.24. The molecule has 0 spiro atoms. The summed E-state index contributed by atoms with van der Waals surface area (Å²) in [5.74, 6) is 0.418. The Kier molecular flexibility index (Phi) is 5.54. The lowest BCUT2D eigenvalue weighted by Gasteiger charge is -2.37. The van der Waals surface area contributed by atoms with Crippen LogP contribution in [0.3, 0.4) is 0 Å². The smallest absolute Gasteiger partial charge is 0.264 e. The van der Waals surface area contributed by atoms with Crippen molar-refractivity contribution in [2.75, 3.05) is 6.54 Å². The summed E-state index contributed by atoms with van der Waals surface area (Å²) in [5, 5.41) is 11.0. The number of aromatic nitrogens is 2. The number of carbonyl (C=O) groups excluding carboxylic acids is 1. The van der Waals surface area contributed by atoms with Crippen LogP contribution in [0.5, 0.6) is 5.88 Å². The third kappa shape index (κ3) is 4.13. The summed E-state index contributed by atoms with van der Waals surface area (Å²) >= 11 is 1.44. The minimum atomic E-state index is -0.158. The van der Waals surface area contributed by atoms with Crippen LogP contribution < -0.4 is 4.74 Å². The zero-order chi connectivity index (χ0) is 20.2. The van der Waals surface area contributed by atoms with Gasteiger partial charge >= 0.3 is 0 Å². The van der Waals surface area contributed by atoms with E-state index in [9.17, 15) is 4.79 Å². The number of rotatable bonds is 4. The average Bonchev–Trinajstić information content (AvgIpc) is 3.25. The number of hydrogen-bond acceptors (Lipinski definition) is 6. The van der Waals surface area contributed by atoms with Crippen molar-refractivity contribution in [3.8, 4) is 23.2 Å². The van der Waals surface area contributed by atoms with Crippen LogP contribution in [-0.2, 0) is 0 Å². The lowest BCUT2D eigenvalue weighted by atomic mass is 10.0. The molecule has 1 aliphatic rings. The fraction of sp³-hybridized carbons (Fsp3) is 0.273. The van der Waals surface area contributed by atoms with Crippen molar-refractivity contribution in [2.24, 2.45) is 0 Å². The van der Waals surface area contributed by atoms with Crippen LogP contribution in [0.15, 0.2) is 54.2 Å². The maximum absolute atomic E-state index is 13.4. The highest BCUT2D eigenvalue weighted by molar-refractivity contribution is 7.12. The molecule has 4 heterocycles. The normalized spacial score (nSPS) is 18.8. The van der Waals surface area contributed by atoms with Gasteiger partial charge in [-0.25, -0.2) is 4.98 Å². The van der Waals surface area contributed by atoms with E-state index in [2.05, 4.69) is 23.0 Å². The van der Waals surface area contributed by atoms with Gasteiger partial charge in [0.2, 0.25) is 5.88 Å². The number of hydrogen-bond donors (Lipinski definition) is 0. The third-order valence-electron chi connectivity index (χ3n) is 5.05. The van der Waals surface area contributed by atoms with Crippen LogP contribution in [0.1, 0.15) is 35.0 Å². The molecule has 0 N–H and O–H groups in total. The van der Waals surface area contributed by atoms with Gasteiger partial charge in [0.15, 0.2) is 0 Å². The van der Waals surface area contributed by atoms with Gasteiger partial charge in [0.25, 0.3) is 5.91 Å². The fourth-order valence-corrected chi connectivity index (χ4v) is 4.35. The molecule has 0 aromatic carbocycles. The summed E-state index contributed by atoms with van der Waals surface area (Å²) in [7, 11) is 0. The number of piperidine rings is 1. The van der Waals surface area contributed by atoms with Gasteiger partial charge in [0.05, 0.1) is 23.9 Å². The molecule has 0 unspecified atom stereocenters. The maximum atomic E-state index is 13.4. The largest absolute Gasteiger partial charge is 0.472 e. The molecule has 1 aliphatic heterocycles. The first-order valence-corrected chi connectivity index (χ1v) is 10.4. The van der Waals surface area contributed by atoms with E-state index < -0.39 is 0 Å². The summed E-state index contributed by atoms with van der Waals surface area (Å²) in [6.45, 7) is 2.55. The van der Waals surface area contributed by atoms with Crippen LogP contribution in [0.2, 0.25) is 0 Å². The second kappa shape index (κ2) is 8.41. The molecule has 1 amide bonds. The van der Waals surface area contributed by atoms with Gasteiger partial charge in [-0.2, -0.15) is 5.26 Å². The van der Waals surface area contributed by atoms with E-state index in [0.717, 1.165) is 24.1 Å². The van der Waals surface area contributed by atoms with E-state index in [4.69, 9.17) is 10.00 Å². The molecule has 0 bridgehead atoms. The molecular weight excluding hydrogens is 384 g/mol. The number of nitrogens with zero attached hydrogens (tertiary/aromatic N) is 4. The minimum Gasteiger partial charge on any atom is -0.472 e. The Labute approximate surface area is 173 Å². The monoisotopic (exact) mass is 404 g/mol. The zero-order valence-corrected chi connectivity index (χ0v) is 16.8. The van der Waals surface area contributed by atoms with E-state index in [1.165, 1.54) is 11.3 Å². The topological polar surface area (TPSA) is 79.1 Å². The number of thiophene rings is 1. The van der Waals surface area contributed by atoms with Crippen molar-refractivity contribution < 1.29 is 9.53 Å². The van der Waals surface area contributed by atoms with Gasteiger partial charge < -0.3 is 9.64 Å².